The van der Waals surface area contributed by atoms with Gasteiger partial charge < -0.3 is 15.6 Å². The predicted molar refractivity (Wildman–Crippen MR) is 57.5 cm³/mol. The van der Waals surface area contributed by atoms with Crippen LogP contribution in [0.1, 0.15) is 32.1 Å². The van der Waals surface area contributed by atoms with Crippen LogP contribution in [0.2, 0.25) is 0 Å². The Morgan fingerprint density at radius 2 is 2.12 bits per heavy atom. The molecule has 0 saturated heterocycles. The molecule has 2 unspecified atom stereocenters. The molecule has 17 heavy (non-hydrogen) atoms. The molecule has 1 aliphatic rings. The molecule has 1 rings (SSSR count). The monoisotopic (exact) mass is 255 g/mol. The normalized spacial score (nSPS) is 29.8. The fourth-order valence-corrected chi connectivity index (χ4v) is 2.47. The first kappa shape index (κ1) is 14.7. The van der Waals surface area contributed by atoms with Crippen LogP contribution in [-0.4, -0.2) is 37.1 Å². The van der Waals surface area contributed by atoms with Gasteiger partial charge in [0, 0.05) is 18.6 Å². The number of halogens is 3. The molecule has 0 bridgehead atoms. The van der Waals surface area contributed by atoms with Crippen LogP contribution in [0.25, 0.3) is 0 Å². The summed E-state index contributed by atoms with van der Waals surface area (Å²) in [5, 5.41) is 9.82. The van der Waals surface area contributed by atoms with E-state index in [1.165, 1.54) is 0 Å². The van der Waals surface area contributed by atoms with Crippen molar-refractivity contribution in [3.8, 4) is 0 Å². The highest BCUT2D eigenvalue weighted by Gasteiger charge is 2.40. The van der Waals surface area contributed by atoms with Crippen LogP contribution in [0.15, 0.2) is 0 Å². The Balaban J connectivity index is 2.21. The van der Waals surface area contributed by atoms with Crippen LogP contribution in [0, 0.1) is 5.41 Å². The number of hydrogen-bond acceptors (Lipinski definition) is 3. The van der Waals surface area contributed by atoms with Gasteiger partial charge in [-0.15, -0.1) is 0 Å². The Labute approximate surface area is 99.1 Å². The van der Waals surface area contributed by atoms with Gasteiger partial charge in [-0.3, -0.25) is 0 Å². The van der Waals surface area contributed by atoms with Crippen molar-refractivity contribution in [1.82, 2.24) is 0 Å². The third-order valence-corrected chi connectivity index (χ3v) is 3.49. The number of aliphatic hydroxyl groups is 1. The fourth-order valence-electron chi connectivity index (χ4n) is 2.47. The van der Waals surface area contributed by atoms with Crippen molar-refractivity contribution < 1.29 is 23.0 Å². The molecule has 1 fully saturated rings. The lowest BCUT2D eigenvalue weighted by Crippen LogP contribution is -2.37. The Kier molecular flexibility index (Phi) is 5.22. The summed E-state index contributed by atoms with van der Waals surface area (Å²) in [6, 6.07) is 0. The second kappa shape index (κ2) is 6.02. The minimum Gasteiger partial charge on any atom is -0.393 e. The van der Waals surface area contributed by atoms with E-state index in [0.717, 1.165) is 19.3 Å². The summed E-state index contributed by atoms with van der Waals surface area (Å²) < 4.78 is 39.9. The van der Waals surface area contributed by atoms with E-state index in [-0.39, 0.29) is 12.0 Å². The SMILES string of the molecule is NCC1(CCCOCC(F)(F)F)CCCC1O. The summed E-state index contributed by atoms with van der Waals surface area (Å²) >= 11 is 0. The van der Waals surface area contributed by atoms with Gasteiger partial charge in [-0.25, -0.2) is 0 Å². The summed E-state index contributed by atoms with van der Waals surface area (Å²) in [4.78, 5) is 0. The van der Waals surface area contributed by atoms with Gasteiger partial charge in [0.25, 0.3) is 0 Å². The first-order chi connectivity index (χ1) is 7.90. The molecular weight excluding hydrogens is 235 g/mol. The molecule has 6 heteroatoms. The summed E-state index contributed by atoms with van der Waals surface area (Å²) in [5.41, 5.74) is 5.36. The third kappa shape index (κ3) is 4.44. The topological polar surface area (TPSA) is 55.5 Å². The minimum absolute atomic E-state index is 0.0635. The molecule has 1 saturated carbocycles. The fraction of sp³-hybridized carbons (Fsp3) is 1.00. The number of ether oxygens (including phenoxy) is 1. The molecular formula is C11H20F3NO2. The van der Waals surface area contributed by atoms with Crippen molar-refractivity contribution in [3.05, 3.63) is 0 Å². The zero-order chi connectivity index (χ0) is 12.9. The molecule has 0 aromatic carbocycles. The zero-order valence-corrected chi connectivity index (χ0v) is 9.80. The highest BCUT2D eigenvalue weighted by molar-refractivity contribution is 4.92. The maximum atomic E-state index is 11.8. The van der Waals surface area contributed by atoms with E-state index in [1.54, 1.807) is 0 Å². The van der Waals surface area contributed by atoms with E-state index in [0.29, 0.717) is 19.4 Å². The van der Waals surface area contributed by atoms with E-state index in [9.17, 15) is 18.3 Å². The maximum Gasteiger partial charge on any atom is 0.411 e. The van der Waals surface area contributed by atoms with Gasteiger partial charge >= 0.3 is 6.18 Å². The lowest BCUT2D eigenvalue weighted by Gasteiger charge is -2.31. The van der Waals surface area contributed by atoms with Gasteiger partial charge in [0.15, 0.2) is 0 Å². The van der Waals surface area contributed by atoms with Crippen molar-refractivity contribution in [2.24, 2.45) is 11.1 Å². The average molecular weight is 255 g/mol. The smallest absolute Gasteiger partial charge is 0.393 e. The van der Waals surface area contributed by atoms with Crippen molar-refractivity contribution in [1.29, 1.82) is 0 Å². The molecule has 0 radical (unpaired) electrons. The summed E-state index contributed by atoms with van der Waals surface area (Å²) in [5.74, 6) is 0. The van der Waals surface area contributed by atoms with Crippen LogP contribution in [0.4, 0.5) is 13.2 Å². The Morgan fingerprint density at radius 3 is 2.59 bits per heavy atom. The Morgan fingerprint density at radius 1 is 1.41 bits per heavy atom. The highest BCUT2D eigenvalue weighted by atomic mass is 19.4. The highest BCUT2D eigenvalue weighted by Crippen LogP contribution is 2.41. The first-order valence-corrected chi connectivity index (χ1v) is 5.92. The summed E-state index contributed by atoms with van der Waals surface area (Å²) in [6.45, 7) is -0.757. The van der Waals surface area contributed by atoms with Gasteiger partial charge in [0.05, 0.1) is 6.10 Å². The van der Waals surface area contributed by atoms with Gasteiger partial charge in [0.2, 0.25) is 0 Å². The summed E-state index contributed by atoms with van der Waals surface area (Å²) in [6.07, 6.45) is -1.03. The number of nitrogens with two attached hydrogens (primary N) is 1. The molecule has 102 valence electrons. The standard InChI is InChI=1S/C11H20F3NO2/c12-11(13,14)8-17-6-2-5-10(7-15)4-1-3-9(10)16/h9,16H,1-8,15H2. The van der Waals surface area contributed by atoms with Gasteiger partial charge in [-0.2, -0.15) is 13.2 Å². The van der Waals surface area contributed by atoms with Crippen molar-refractivity contribution in [2.45, 2.75) is 44.4 Å². The van der Waals surface area contributed by atoms with Crippen molar-refractivity contribution in [3.63, 3.8) is 0 Å². The minimum atomic E-state index is -4.27. The van der Waals surface area contributed by atoms with E-state index in [4.69, 9.17) is 5.73 Å². The largest absolute Gasteiger partial charge is 0.411 e. The lowest BCUT2D eigenvalue weighted by atomic mass is 9.80. The molecule has 0 aromatic heterocycles. The first-order valence-electron chi connectivity index (χ1n) is 5.92. The molecule has 0 spiro atoms. The van der Waals surface area contributed by atoms with Gasteiger partial charge in [-0.1, -0.05) is 6.42 Å². The second-order valence-corrected chi connectivity index (χ2v) is 4.75. The average Bonchev–Trinajstić information content (AvgIpc) is 2.59. The Hall–Kier alpha value is -0.330. The second-order valence-electron chi connectivity index (χ2n) is 4.75. The Bertz CT molecular complexity index is 235. The molecule has 1 aliphatic carbocycles. The predicted octanol–water partition coefficient (Wildman–Crippen LogP) is 1.84. The molecule has 0 amide bonds. The zero-order valence-electron chi connectivity index (χ0n) is 9.80. The van der Waals surface area contributed by atoms with Crippen molar-refractivity contribution >= 4 is 0 Å². The lowest BCUT2D eigenvalue weighted by molar-refractivity contribution is -0.174. The summed E-state index contributed by atoms with van der Waals surface area (Å²) in [7, 11) is 0. The van der Waals surface area contributed by atoms with Crippen LogP contribution in [0.5, 0.6) is 0 Å². The molecule has 3 N–H and O–H groups in total. The van der Waals surface area contributed by atoms with E-state index in [2.05, 4.69) is 4.74 Å². The number of alkyl halides is 3. The van der Waals surface area contributed by atoms with E-state index >= 15 is 0 Å². The third-order valence-electron chi connectivity index (χ3n) is 3.49. The molecule has 0 aliphatic heterocycles. The molecule has 0 heterocycles. The molecule has 2 atom stereocenters. The maximum absolute atomic E-state index is 11.8. The van der Waals surface area contributed by atoms with Crippen LogP contribution < -0.4 is 5.73 Å². The number of hydrogen-bond donors (Lipinski definition) is 2. The van der Waals surface area contributed by atoms with Crippen LogP contribution in [0.3, 0.4) is 0 Å². The van der Waals surface area contributed by atoms with E-state index in [1.807, 2.05) is 0 Å². The van der Waals surface area contributed by atoms with Crippen LogP contribution in [-0.2, 0) is 4.74 Å². The molecule has 0 aromatic rings. The number of aliphatic hydroxyl groups excluding tert-OH is 1. The molecule has 3 nitrogen and oxygen atoms in total. The van der Waals surface area contributed by atoms with Crippen molar-refractivity contribution in [2.75, 3.05) is 19.8 Å². The van der Waals surface area contributed by atoms with Gasteiger partial charge in [-0.05, 0) is 25.7 Å². The van der Waals surface area contributed by atoms with Gasteiger partial charge in [0.1, 0.15) is 6.61 Å². The quantitative estimate of drug-likeness (QED) is 0.712. The van der Waals surface area contributed by atoms with Crippen LogP contribution >= 0.6 is 0 Å². The van der Waals surface area contributed by atoms with E-state index < -0.39 is 18.9 Å². The number of rotatable bonds is 6.